The van der Waals surface area contributed by atoms with Crippen molar-refractivity contribution in [3.05, 3.63) is 45.1 Å². The zero-order chi connectivity index (χ0) is 16.5. The molecule has 0 unspecified atom stereocenters. The monoisotopic (exact) mass is 327 g/mol. The van der Waals surface area contributed by atoms with E-state index in [0.29, 0.717) is 18.8 Å². The summed E-state index contributed by atoms with van der Waals surface area (Å²) in [7, 11) is 0. The number of amides is 1. The summed E-state index contributed by atoms with van der Waals surface area (Å²) in [6, 6.07) is 3.12. The Morgan fingerprint density at radius 2 is 2.00 bits per heavy atom. The quantitative estimate of drug-likeness (QED) is 0.873. The SMILES string of the molecule is O=C(CCc1ccc(=O)[nH]n1)N1CCc2[nH]nc(C3CC3)c2CC1. The first-order valence-corrected chi connectivity index (χ1v) is 8.59. The van der Waals surface area contributed by atoms with Crippen LogP contribution < -0.4 is 5.56 Å². The van der Waals surface area contributed by atoms with Gasteiger partial charge < -0.3 is 4.90 Å². The third-order valence-electron chi connectivity index (χ3n) is 4.90. The third-order valence-corrected chi connectivity index (χ3v) is 4.90. The Morgan fingerprint density at radius 1 is 1.17 bits per heavy atom. The van der Waals surface area contributed by atoms with Gasteiger partial charge >= 0.3 is 0 Å². The maximum absolute atomic E-state index is 12.5. The van der Waals surface area contributed by atoms with Gasteiger partial charge in [-0.25, -0.2) is 5.10 Å². The number of nitrogens with one attached hydrogen (secondary N) is 2. The van der Waals surface area contributed by atoms with Gasteiger partial charge in [-0.15, -0.1) is 0 Å². The standard InChI is InChI=1S/C17H21N5O2/c23-15-5-3-12(18-20-15)4-6-16(24)22-9-7-13-14(8-10-22)19-21-17(13)11-1-2-11/h3,5,11H,1-2,4,6-10H2,(H,19,21)(H,20,23). The number of fused-ring (bicyclic) bond motifs is 1. The number of aromatic amines is 2. The Morgan fingerprint density at radius 3 is 2.75 bits per heavy atom. The molecule has 1 aliphatic carbocycles. The van der Waals surface area contributed by atoms with Crippen LogP contribution in [0, 0.1) is 0 Å². The second kappa shape index (κ2) is 6.22. The van der Waals surface area contributed by atoms with Crippen LogP contribution in [0.2, 0.25) is 0 Å². The molecule has 0 saturated heterocycles. The predicted molar refractivity (Wildman–Crippen MR) is 87.7 cm³/mol. The van der Waals surface area contributed by atoms with Crippen molar-refractivity contribution >= 4 is 5.91 Å². The van der Waals surface area contributed by atoms with Gasteiger partial charge in [-0.3, -0.25) is 14.7 Å². The van der Waals surface area contributed by atoms with E-state index in [2.05, 4.69) is 20.4 Å². The molecule has 0 spiro atoms. The largest absolute Gasteiger partial charge is 0.342 e. The zero-order valence-corrected chi connectivity index (χ0v) is 13.5. The van der Waals surface area contributed by atoms with E-state index >= 15 is 0 Å². The van der Waals surface area contributed by atoms with E-state index < -0.39 is 0 Å². The van der Waals surface area contributed by atoms with Crippen molar-refractivity contribution in [2.45, 2.75) is 44.4 Å². The number of carbonyl (C=O) groups excluding carboxylic acids is 1. The lowest BCUT2D eigenvalue weighted by atomic mass is 10.1. The number of nitrogens with zero attached hydrogens (tertiary/aromatic N) is 3. The molecule has 2 aromatic heterocycles. The van der Waals surface area contributed by atoms with Crippen LogP contribution in [0.1, 0.15) is 47.8 Å². The van der Waals surface area contributed by atoms with Gasteiger partial charge in [-0.2, -0.15) is 10.2 Å². The van der Waals surface area contributed by atoms with Crippen LogP contribution in [0.3, 0.4) is 0 Å². The van der Waals surface area contributed by atoms with E-state index in [0.717, 1.165) is 31.6 Å². The molecule has 1 fully saturated rings. The molecule has 1 aliphatic heterocycles. The summed E-state index contributed by atoms with van der Waals surface area (Å²) >= 11 is 0. The highest BCUT2D eigenvalue weighted by molar-refractivity contribution is 5.76. The molecule has 3 heterocycles. The Hall–Kier alpha value is -2.44. The molecule has 2 aliphatic rings. The first kappa shape index (κ1) is 15.1. The van der Waals surface area contributed by atoms with Gasteiger partial charge in [0.15, 0.2) is 0 Å². The molecule has 2 N–H and O–H groups in total. The highest BCUT2D eigenvalue weighted by Crippen LogP contribution is 2.41. The summed E-state index contributed by atoms with van der Waals surface area (Å²) in [5, 5.41) is 14.0. The lowest BCUT2D eigenvalue weighted by molar-refractivity contribution is -0.131. The van der Waals surface area contributed by atoms with Crippen molar-refractivity contribution in [1.29, 1.82) is 0 Å². The van der Waals surface area contributed by atoms with E-state index in [9.17, 15) is 9.59 Å². The molecule has 0 atom stereocenters. The number of hydrogen-bond donors (Lipinski definition) is 2. The molecule has 24 heavy (non-hydrogen) atoms. The average molecular weight is 327 g/mol. The smallest absolute Gasteiger partial charge is 0.264 e. The molecule has 1 saturated carbocycles. The maximum Gasteiger partial charge on any atom is 0.264 e. The molecule has 7 heteroatoms. The summed E-state index contributed by atoms with van der Waals surface area (Å²) in [5.74, 6) is 0.785. The highest BCUT2D eigenvalue weighted by Gasteiger charge is 2.31. The van der Waals surface area contributed by atoms with Gasteiger partial charge in [-0.1, -0.05) is 0 Å². The normalized spacial score (nSPS) is 17.4. The van der Waals surface area contributed by atoms with Crippen molar-refractivity contribution < 1.29 is 4.79 Å². The summed E-state index contributed by atoms with van der Waals surface area (Å²) in [5.41, 5.74) is 4.29. The molecule has 0 bridgehead atoms. The number of carbonyl (C=O) groups is 1. The van der Waals surface area contributed by atoms with Crippen molar-refractivity contribution in [3.63, 3.8) is 0 Å². The molecule has 4 rings (SSSR count). The second-order valence-corrected chi connectivity index (χ2v) is 6.63. The zero-order valence-electron chi connectivity index (χ0n) is 13.5. The summed E-state index contributed by atoms with van der Waals surface area (Å²) < 4.78 is 0. The summed E-state index contributed by atoms with van der Waals surface area (Å²) in [4.78, 5) is 25.4. The Labute approximate surface area is 139 Å². The van der Waals surface area contributed by atoms with E-state index in [1.807, 2.05) is 4.90 Å². The fraction of sp³-hybridized carbons (Fsp3) is 0.529. The van der Waals surface area contributed by atoms with Crippen molar-refractivity contribution in [2.75, 3.05) is 13.1 Å². The lowest BCUT2D eigenvalue weighted by Gasteiger charge is -2.20. The van der Waals surface area contributed by atoms with Crippen LogP contribution in [0.4, 0.5) is 0 Å². The molecule has 1 amide bonds. The van der Waals surface area contributed by atoms with Crippen LogP contribution in [-0.2, 0) is 24.1 Å². The number of rotatable bonds is 4. The van der Waals surface area contributed by atoms with E-state index in [-0.39, 0.29) is 11.5 Å². The van der Waals surface area contributed by atoms with Gasteiger partial charge in [0.1, 0.15) is 0 Å². The molecule has 126 valence electrons. The topological polar surface area (TPSA) is 94.7 Å². The number of aromatic nitrogens is 4. The minimum Gasteiger partial charge on any atom is -0.342 e. The highest BCUT2D eigenvalue weighted by atomic mass is 16.2. The minimum atomic E-state index is -0.223. The van der Waals surface area contributed by atoms with Crippen molar-refractivity contribution in [1.82, 2.24) is 25.3 Å². The third kappa shape index (κ3) is 3.11. The first-order chi connectivity index (χ1) is 11.7. The molecule has 0 aromatic carbocycles. The molecule has 2 aromatic rings. The van der Waals surface area contributed by atoms with Gasteiger partial charge in [0.2, 0.25) is 5.91 Å². The molecular weight excluding hydrogens is 306 g/mol. The number of aryl methyl sites for hydroxylation is 1. The van der Waals surface area contributed by atoms with Gasteiger partial charge in [0.05, 0.1) is 11.4 Å². The van der Waals surface area contributed by atoms with Gasteiger partial charge in [0, 0.05) is 50.0 Å². The molecule has 7 nitrogen and oxygen atoms in total. The molecular formula is C17H21N5O2. The van der Waals surface area contributed by atoms with E-state index in [1.54, 1.807) is 6.07 Å². The van der Waals surface area contributed by atoms with E-state index in [1.165, 1.54) is 35.9 Å². The predicted octanol–water partition coefficient (Wildman–Crippen LogP) is 0.930. The summed E-state index contributed by atoms with van der Waals surface area (Å²) in [6.45, 7) is 1.49. The second-order valence-electron chi connectivity index (χ2n) is 6.63. The Balaban J connectivity index is 1.36. The van der Waals surface area contributed by atoms with Crippen LogP contribution in [-0.4, -0.2) is 44.3 Å². The Bertz CT molecular complexity index is 785. The van der Waals surface area contributed by atoms with Crippen molar-refractivity contribution in [3.8, 4) is 0 Å². The average Bonchev–Trinajstić information content (AvgIpc) is 3.39. The Kier molecular flexibility index (Phi) is 3.92. The van der Waals surface area contributed by atoms with Gasteiger partial charge in [0.25, 0.3) is 5.56 Å². The first-order valence-electron chi connectivity index (χ1n) is 8.59. The molecule has 0 radical (unpaired) electrons. The minimum absolute atomic E-state index is 0.147. The summed E-state index contributed by atoms with van der Waals surface area (Å²) in [6.07, 6.45) is 5.18. The van der Waals surface area contributed by atoms with E-state index in [4.69, 9.17) is 0 Å². The number of H-pyrrole nitrogens is 2. The number of hydrogen-bond acceptors (Lipinski definition) is 4. The van der Waals surface area contributed by atoms with Crippen LogP contribution in [0.15, 0.2) is 16.9 Å². The van der Waals surface area contributed by atoms with Crippen molar-refractivity contribution in [2.24, 2.45) is 0 Å². The lowest BCUT2D eigenvalue weighted by Crippen LogP contribution is -2.33. The van der Waals surface area contributed by atoms with Crippen LogP contribution >= 0.6 is 0 Å². The fourth-order valence-corrected chi connectivity index (χ4v) is 3.36. The fourth-order valence-electron chi connectivity index (χ4n) is 3.36. The van der Waals surface area contributed by atoms with Crippen LogP contribution in [0.5, 0.6) is 0 Å². The maximum atomic E-state index is 12.5. The van der Waals surface area contributed by atoms with Gasteiger partial charge in [-0.05, 0) is 30.9 Å². The van der Waals surface area contributed by atoms with Crippen LogP contribution in [0.25, 0.3) is 0 Å².